The number of halogens is 4. The van der Waals surface area contributed by atoms with Crippen molar-refractivity contribution in [1.29, 1.82) is 0 Å². The lowest BCUT2D eigenvalue weighted by atomic mass is 10.1. The van der Waals surface area contributed by atoms with Crippen LogP contribution in [0.3, 0.4) is 0 Å². The van der Waals surface area contributed by atoms with Crippen LogP contribution >= 0.6 is 12.2 Å². The van der Waals surface area contributed by atoms with Crippen molar-refractivity contribution in [1.82, 2.24) is 0 Å². The van der Waals surface area contributed by atoms with E-state index in [0.717, 1.165) is 18.2 Å². The Labute approximate surface area is 123 Å². The normalized spacial score (nSPS) is 11.2. The third-order valence-corrected chi connectivity index (χ3v) is 2.96. The first-order valence-corrected chi connectivity index (χ1v) is 6.22. The van der Waals surface area contributed by atoms with E-state index in [2.05, 4.69) is 5.32 Å². The Hall–Kier alpha value is -2.15. The minimum Gasteiger partial charge on any atom is -0.389 e. The third kappa shape index (κ3) is 3.69. The lowest BCUT2D eigenvalue weighted by Crippen LogP contribution is -2.10. The van der Waals surface area contributed by atoms with Crippen LogP contribution in [-0.4, -0.2) is 4.99 Å². The number of nitrogens with one attached hydrogen (secondary N) is 1. The number of thiocarbonyl (C=S) groups is 1. The summed E-state index contributed by atoms with van der Waals surface area (Å²) in [6, 6.07) is 8.48. The Morgan fingerprint density at radius 2 is 1.81 bits per heavy atom. The maximum absolute atomic E-state index is 13.8. The smallest absolute Gasteiger partial charge is 0.389 e. The number of hydrogen-bond donors (Lipinski definition) is 2. The highest BCUT2D eigenvalue weighted by Gasteiger charge is 2.30. The molecule has 0 heterocycles. The molecule has 3 N–H and O–H groups in total. The van der Waals surface area contributed by atoms with Gasteiger partial charge in [0, 0.05) is 11.3 Å². The SMILES string of the molecule is NC(=S)c1ccc(Nc2cccc(C(F)(F)F)c2)c(F)c1. The van der Waals surface area contributed by atoms with Gasteiger partial charge >= 0.3 is 6.18 Å². The maximum Gasteiger partial charge on any atom is 0.416 e. The van der Waals surface area contributed by atoms with Crippen molar-refractivity contribution in [3.8, 4) is 0 Å². The van der Waals surface area contributed by atoms with Crippen molar-refractivity contribution in [3.63, 3.8) is 0 Å². The number of rotatable bonds is 3. The van der Waals surface area contributed by atoms with Crippen molar-refractivity contribution < 1.29 is 17.6 Å². The molecule has 0 amide bonds. The number of alkyl halides is 3. The molecule has 0 fully saturated rings. The summed E-state index contributed by atoms with van der Waals surface area (Å²) in [4.78, 5) is 0.0412. The second kappa shape index (κ2) is 5.69. The molecular formula is C14H10F4N2S. The average molecular weight is 314 g/mol. The Balaban J connectivity index is 2.28. The zero-order chi connectivity index (χ0) is 15.6. The minimum atomic E-state index is -4.45. The Bertz CT molecular complexity index is 683. The van der Waals surface area contributed by atoms with E-state index in [-0.39, 0.29) is 16.4 Å². The molecule has 2 aromatic carbocycles. The summed E-state index contributed by atoms with van der Waals surface area (Å²) < 4.78 is 51.6. The second-order valence-corrected chi connectivity index (χ2v) is 4.70. The van der Waals surface area contributed by atoms with Gasteiger partial charge in [-0.05, 0) is 36.4 Å². The molecule has 21 heavy (non-hydrogen) atoms. The van der Waals surface area contributed by atoms with E-state index in [1.165, 1.54) is 24.3 Å². The molecule has 0 atom stereocenters. The van der Waals surface area contributed by atoms with E-state index in [4.69, 9.17) is 18.0 Å². The predicted octanol–water partition coefficient (Wildman–Crippen LogP) is 4.22. The molecule has 0 aliphatic carbocycles. The molecule has 2 rings (SSSR count). The van der Waals surface area contributed by atoms with Crippen molar-refractivity contribution in [2.24, 2.45) is 5.73 Å². The van der Waals surface area contributed by atoms with Gasteiger partial charge in [0.15, 0.2) is 0 Å². The summed E-state index contributed by atoms with van der Waals surface area (Å²) in [5, 5.41) is 2.59. The van der Waals surface area contributed by atoms with Gasteiger partial charge in [0.2, 0.25) is 0 Å². The zero-order valence-corrected chi connectivity index (χ0v) is 11.4. The number of hydrogen-bond acceptors (Lipinski definition) is 2. The van der Waals surface area contributed by atoms with Crippen molar-refractivity contribution in [3.05, 3.63) is 59.4 Å². The molecular weight excluding hydrogens is 304 g/mol. The van der Waals surface area contributed by atoms with E-state index in [1.807, 2.05) is 0 Å². The van der Waals surface area contributed by atoms with Crippen molar-refractivity contribution >= 4 is 28.6 Å². The first kappa shape index (κ1) is 15.2. The summed E-state index contributed by atoms with van der Waals surface area (Å²) in [6.07, 6.45) is -4.45. The summed E-state index contributed by atoms with van der Waals surface area (Å²) >= 11 is 4.72. The molecule has 7 heteroatoms. The monoisotopic (exact) mass is 314 g/mol. The Morgan fingerprint density at radius 1 is 1.10 bits per heavy atom. The topological polar surface area (TPSA) is 38.0 Å². The van der Waals surface area contributed by atoms with E-state index in [9.17, 15) is 17.6 Å². The zero-order valence-electron chi connectivity index (χ0n) is 10.5. The summed E-state index contributed by atoms with van der Waals surface area (Å²) in [7, 11) is 0. The van der Waals surface area contributed by atoms with Crippen LogP contribution in [0.2, 0.25) is 0 Å². The van der Waals surface area contributed by atoms with E-state index < -0.39 is 17.6 Å². The van der Waals surface area contributed by atoms with Crippen LogP contribution in [0.4, 0.5) is 28.9 Å². The lowest BCUT2D eigenvalue weighted by Gasteiger charge is -2.11. The predicted molar refractivity (Wildman–Crippen MR) is 77.0 cm³/mol. The van der Waals surface area contributed by atoms with E-state index in [1.54, 1.807) is 0 Å². The molecule has 0 saturated heterocycles. The van der Waals surface area contributed by atoms with Crippen LogP contribution in [0, 0.1) is 5.82 Å². The molecule has 0 aliphatic heterocycles. The molecule has 0 radical (unpaired) electrons. The van der Waals surface area contributed by atoms with Crippen LogP contribution in [0.25, 0.3) is 0 Å². The maximum atomic E-state index is 13.8. The lowest BCUT2D eigenvalue weighted by molar-refractivity contribution is -0.137. The summed E-state index contributed by atoms with van der Waals surface area (Å²) in [5.74, 6) is -0.655. The van der Waals surface area contributed by atoms with Gasteiger partial charge in [0.05, 0.1) is 11.3 Å². The molecule has 0 bridgehead atoms. The second-order valence-electron chi connectivity index (χ2n) is 4.26. The number of nitrogens with two attached hydrogens (primary N) is 1. The molecule has 0 aliphatic rings. The van der Waals surface area contributed by atoms with Gasteiger partial charge in [-0.15, -0.1) is 0 Å². The van der Waals surface area contributed by atoms with Gasteiger partial charge in [-0.1, -0.05) is 18.3 Å². The van der Waals surface area contributed by atoms with Gasteiger partial charge in [-0.25, -0.2) is 4.39 Å². The molecule has 0 aromatic heterocycles. The molecule has 0 spiro atoms. The number of anilines is 2. The highest BCUT2D eigenvalue weighted by molar-refractivity contribution is 7.80. The quantitative estimate of drug-likeness (QED) is 0.658. The highest BCUT2D eigenvalue weighted by atomic mass is 32.1. The van der Waals surface area contributed by atoms with E-state index in [0.29, 0.717) is 5.56 Å². The fourth-order valence-electron chi connectivity index (χ4n) is 1.70. The minimum absolute atomic E-state index is 0.0364. The van der Waals surface area contributed by atoms with Gasteiger partial charge in [-0.2, -0.15) is 13.2 Å². The van der Waals surface area contributed by atoms with Crippen LogP contribution in [0.5, 0.6) is 0 Å². The summed E-state index contributed by atoms with van der Waals surface area (Å²) in [6.45, 7) is 0. The van der Waals surface area contributed by atoms with E-state index >= 15 is 0 Å². The van der Waals surface area contributed by atoms with Crippen LogP contribution in [0.15, 0.2) is 42.5 Å². The highest BCUT2D eigenvalue weighted by Crippen LogP contribution is 2.31. The van der Waals surface area contributed by atoms with Crippen molar-refractivity contribution in [2.45, 2.75) is 6.18 Å². The van der Waals surface area contributed by atoms with Crippen LogP contribution < -0.4 is 11.1 Å². The number of benzene rings is 2. The van der Waals surface area contributed by atoms with Crippen LogP contribution in [0.1, 0.15) is 11.1 Å². The Kier molecular flexibility index (Phi) is 4.13. The average Bonchev–Trinajstić information content (AvgIpc) is 2.40. The third-order valence-electron chi connectivity index (χ3n) is 2.72. The first-order chi connectivity index (χ1) is 9.77. The largest absolute Gasteiger partial charge is 0.416 e. The van der Waals surface area contributed by atoms with Crippen molar-refractivity contribution in [2.75, 3.05) is 5.32 Å². The standard InChI is InChI=1S/C14H10F4N2S/c15-11-6-8(13(19)21)4-5-12(11)20-10-3-1-2-9(7-10)14(16,17)18/h1-7,20H,(H2,19,21). The molecule has 2 nitrogen and oxygen atoms in total. The molecule has 2 aromatic rings. The van der Waals surface area contributed by atoms with Crippen LogP contribution in [-0.2, 0) is 6.18 Å². The van der Waals surface area contributed by atoms with Gasteiger partial charge in [0.25, 0.3) is 0 Å². The van der Waals surface area contributed by atoms with Gasteiger partial charge in [0.1, 0.15) is 10.8 Å². The fourth-order valence-corrected chi connectivity index (χ4v) is 1.83. The Morgan fingerprint density at radius 3 is 2.38 bits per heavy atom. The van der Waals surface area contributed by atoms with Gasteiger partial charge < -0.3 is 11.1 Å². The molecule has 110 valence electrons. The molecule has 0 unspecified atom stereocenters. The summed E-state index contributed by atoms with van der Waals surface area (Å²) in [5.41, 5.74) is 5.07. The molecule has 0 saturated carbocycles. The fraction of sp³-hybridized carbons (Fsp3) is 0.0714. The van der Waals surface area contributed by atoms with Gasteiger partial charge in [-0.3, -0.25) is 0 Å². The first-order valence-electron chi connectivity index (χ1n) is 5.81.